The molecule has 190 valence electrons. The number of amides is 2. The van der Waals surface area contributed by atoms with Crippen molar-refractivity contribution in [1.29, 1.82) is 0 Å². The van der Waals surface area contributed by atoms with Gasteiger partial charge in [-0.3, -0.25) is 9.59 Å². The maximum absolute atomic E-state index is 13.6. The fraction of sp³-hybridized carbons (Fsp3) is 0.517. The Balaban J connectivity index is 1.89. The lowest BCUT2D eigenvalue weighted by molar-refractivity contribution is -0.134. The zero-order valence-electron chi connectivity index (χ0n) is 21.3. The average Bonchev–Trinajstić information content (AvgIpc) is 2.84. The highest BCUT2D eigenvalue weighted by Gasteiger charge is 2.27. The Morgan fingerprint density at radius 1 is 1.03 bits per heavy atom. The van der Waals surface area contributed by atoms with Crippen LogP contribution < -0.4 is 4.74 Å². The lowest BCUT2D eigenvalue weighted by Gasteiger charge is -2.34. The first-order valence-corrected chi connectivity index (χ1v) is 13.3. The summed E-state index contributed by atoms with van der Waals surface area (Å²) in [7, 11) is 0. The Kier molecular flexibility index (Phi) is 10.5. The van der Waals surface area contributed by atoms with Crippen molar-refractivity contribution in [2.75, 3.05) is 26.2 Å². The molecular formula is C29H39ClN2O3. The van der Waals surface area contributed by atoms with Crippen LogP contribution in [-0.2, 0) is 11.2 Å². The minimum atomic E-state index is -0.0848. The second kappa shape index (κ2) is 13.5. The van der Waals surface area contributed by atoms with Crippen molar-refractivity contribution in [2.45, 2.75) is 65.3 Å². The van der Waals surface area contributed by atoms with Gasteiger partial charge in [-0.1, -0.05) is 68.6 Å². The molecule has 1 aliphatic heterocycles. The first-order chi connectivity index (χ1) is 16.9. The van der Waals surface area contributed by atoms with Crippen LogP contribution in [0.5, 0.6) is 5.75 Å². The third kappa shape index (κ3) is 7.73. The van der Waals surface area contributed by atoms with Gasteiger partial charge in [-0.05, 0) is 55.9 Å². The van der Waals surface area contributed by atoms with Gasteiger partial charge in [0.25, 0.3) is 5.91 Å². The van der Waals surface area contributed by atoms with Crippen molar-refractivity contribution >= 4 is 23.4 Å². The monoisotopic (exact) mass is 498 g/mol. The van der Waals surface area contributed by atoms with Crippen LogP contribution in [0, 0.1) is 5.92 Å². The highest BCUT2D eigenvalue weighted by molar-refractivity contribution is 6.31. The summed E-state index contributed by atoms with van der Waals surface area (Å²) in [4.78, 5) is 30.8. The molecule has 1 heterocycles. The minimum Gasteiger partial charge on any atom is -0.491 e. The van der Waals surface area contributed by atoms with Crippen LogP contribution in [-0.4, -0.2) is 53.9 Å². The number of carbonyl (C=O) groups excluding carboxylic acids is 2. The van der Waals surface area contributed by atoms with E-state index < -0.39 is 0 Å². The molecule has 2 aromatic rings. The number of para-hydroxylation sites is 1. The standard InChI is InChI=1S/C29H39ClN2O3/c1-4-31-17-11-5-6-12-18-32(28(33)20-23-13-7-9-15-26(23)30)24(19-22(2)3)21-35-27-16-10-8-14-25(27)29(31)34/h7-10,13-16,22,24H,4-6,11-12,17-21H2,1-3H3/t24-/m0/s1. The normalized spacial score (nSPS) is 18.1. The molecule has 35 heavy (non-hydrogen) atoms. The van der Waals surface area contributed by atoms with Crippen LogP contribution in [0.15, 0.2) is 48.5 Å². The van der Waals surface area contributed by atoms with E-state index >= 15 is 0 Å². The molecular weight excluding hydrogens is 460 g/mol. The number of hydrogen-bond donors (Lipinski definition) is 0. The Morgan fingerprint density at radius 3 is 2.43 bits per heavy atom. The minimum absolute atomic E-state index is 0.00669. The van der Waals surface area contributed by atoms with Crippen molar-refractivity contribution in [2.24, 2.45) is 5.92 Å². The summed E-state index contributed by atoms with van der Waals surface area (Å²) in [6, 6.07) is 14.9. The topological polar surface area (TPSA) is 49.9 Å². The van der Waals surface area contributed by atoms with Crippen molar-refractivity contribution in [3.8, 4) is 5.75 Å². The summed E-state index contributed by atoms with van der Waals surface area (Å²) < 4.78 is 6.30. The van der Waals surface area contributed by atoms with Gasteiger partial charge in [0.15, 0.2) is 0 Å². The fourth-order valence-corrected chi connectivity index (χ4v) is 4.92. The van der Waals surface area contributed by atoms with Crippen LogP contribution in [0.4, 0.5) is 0 Å². The van der Waals surface area contributed by atoms with Gasteiger partial charge in [0, 0.05) is 24.7 Å². The van der Waals surface area contributed by atoms with Crippen LogP contribution in [0.25, 0.3) is 0 Å². The van der Waals surface area contributed by atoms with Crippen molar-refractivity contribution in [3.63, 3.8) is 0 Å². The van der Waals surface area contributed by atoms with Gasteiger partial charge in [0.1, 0.15) is 12.4 Å². The largest absolute Gasteiger partial charge is 0.491 e. The van der Waals surface area contributed by atoms with E-state index in [4.69, 9.17) is 16.3 Å². The lowest BCUT2D eigenvalue weighted by Crippen LogP contribution is -2.46. The Hall–Kier alpha value is -2.53. The molecule has 0 fully saturated rings. The molecule has 1 atom stereocenters. The van der Waals surface area contributed by atoms with E-state index in [1.165, 1.54) is 0 Å². The van der Waals surface area contributed by atoms with Crippen LogP contribution in [0.1, 0.15) is 68.8 Å². The van der Waals surface area contributed by atoms with Crippen molar-refractivity contribution in [3.05, 3.63) is 64.7 Å². The predicted molar refractivity (Wildman–Crippen MR) is 142 cm³/mol. The third-order valence-electron chi connectivity index (χ3n) is 6.60. The molecule has 0 unspecified atom stereocenters. The van der Waals surface area contributed by atoms with Gasteiger partial charge in [-0.25, -0.2) is 0 Å². The van der Waals surface area contributed by atoms with Gasteiger partial charge in [0.2, 0.25) is 5.91 Å². The number of ether oxygens (including phenoxy) is 1. The van der Waals surface area contributed by atoms with Gasteiger partial charge in [-0.2, -0.15) is 0 Å². The fourth-order valence-electron chi connectivity index (χ4n) is 4.71. The van der Waals surface area contributed by atoms with Crippen LogP contribution in [0.3, 0.4) is 0 Å². The van der Waals surface area contributed by atoms with E-state index in [0.29, 0.717) is 41.9 Å². The number of carbonyl (C=O) groups is 2. The number of fused-ring (bicyclic) bond motifs is 1. The second-order valence-corrected chi connectivity index (χ2v) is 10.2. The summed E-state index contributed by atoms with van der Waals surface area (Å²) in [5, 5.41) is 0.618. The highest BCUT2D eigenvalue weighted by Crippen LogP contribution is 2.24. The summed E-state index contributed by atoms with van der Waals surface area (Å²) in [5.74, 6) is 1.05. The van der Waals surface area contributed by atoms with E-state index in [-0.39, 0.29) is 24.3 Å². The Morgan fingerprint density at radius 2 is 1.71 bits per heavy atom. The molecule has 0 N–H and O–H groups in total. The molecule has 0 aliphatic carbocycles. The molecule has 0 saturated carbocycles. The molecule has 2 amide bonds. The van der Waals surface area contributed by atoms with Gasteiger partial charge >= 0.3 is 0 Å². The molecule has 2 aromatic carbocycles. The SMILES string of the molecule is CCN1CCCCCCN(C(=O)Cc2ccccc2Cl)[C@@H](CC(C)C)COc2ccccc2C1=O. The maximum Gasteiger partial charge on any atom is 0.257 e. The lowest BCUT2D eigenvalue weighted by atomic mass is 10.0. The molecule has 3 rings (SSSR count). The number of halogens is 1. The summed E-state index contributed by atoms with van der Waals surface area (Å²) in [6.07, 6.45) is 5.03. The van der Waals surface area contributed by atoms with Gasteiger partial charge < -0.3 is 14.5 Å². The number of benzene rings is 2. The van der Waals surface area contributed by atoms with E-state index in [9.17, 15) is 9.59 Å². The molecule has 0 bridgehead atoms. The van der Waals surface area contributed by atoms with E-state index in [1.807, 2.05) is 65.3 Å². The number of rotatable bonds is 5. The predicted octanol–water partition coefficient (Wildman–Crippen LogP) is 6.24. The summed E-state index contributed by atoms with van der Waals surface area (Å²) in [5.41, 5.74) is 1.43. The quantitative estimate of drug-likeness (QED) is 0.490. The van der Waals surface area contributed by atoms with Crippen molar-refractivity contribution < 1.29 is 14.3 Å². The zero-order valence-corrected chi connectivity index (χ0v) is 22.1. The first-order valence-electron chi connectivity index (χ1n) is 12.9. The average molecular weight is 499 g/mol. The van der Waals surface area contributed by atoms with Crippen molar-refractivity contribution in [1.82, 2.24) is 9.80 Å². The van der Waals surface area contributed by atoms with Gasteiger partial charge in [0.05, 0.1) is 18.0 Å². The molecule has 6 heteroatoms. The molecule has 0 spiro atoms. The summed E-state index contributed by atoms with van der Waals surface area (Å²) >= 11 is 6.37. The maximum atomic E-state index is 13.6. The van der Waals surface area contributed by atoms with Crippen LogP contribution >= 0.6 is 11.6 Å². The molecule has 0 saturated heterocycles. The third-order valence-corrected chi connectivity index (χ3v) is 6.97. The molecule has 0 aromatic heterocycles. The molecule has 5 nitrogen and oxygen atoms in total. The van der Waals surface area contributed by atoms with E-state index in [2.05, 4.69) is 13.8 Å². The molecule has 0 radical (unpaired) electrons. The summed E-state index contributed by atoms with van der Waals surface area (Å²) in [6.45, 7) is 8.80. The van der Waals surface area contributed by atoms with E-state index in [1.54, 1.807) is 0 Å². The second-order valence-electron chi connectivity index (χ2n) is 9.74. The van der Waals surface area contributed by atoms with Gasteiger partial charge in [-0.15, -0.1) is 0 Å². The Bertz CT molecular complexity index is 978. The number of nitrogens with zero attached hydrogens (tertiary/aromatic N) is 2. The molecule has 1 aliphatic rings. The highest BCUT2D eigenvalue weighted by atomic mass is 35.5. The van der Waals surface area contributed by atoms with E-state index in [0.717, 1.165) is 44.2 Å². The van der Waals surface area contributed by atoms with Crippen LogP contribution in [0.2, 0.25) is 5.02 Å². The number of hydrogen-bond acceptors (Lipinski definition) is 3. The zero-order chi connectivity index (χ0) is 25.2. The Labute approximate surface area is 215 Å². The first kappa shape index (κ1) is 27.1. The smallest absolute Gasteiger partial charge is 0.257 e.